The number of rotatable bonds is 6. The van der Waals surface area contributed by atoms with Gasteiger partial charge >= 0.3 is 0 Å². The summed E-state index contributed by atoms with van der Waals surface area (Å²) >= 11 is 1.75. The first-order chi connectivity index (χ1) is 10.3. The Morgan fingerprint density at radius 1 is 1.48 bits per heavy atom. The molecule has 21 heavy (non-hydrogen) atoms. The average molecular weight is 306 g/mol. The molecule has 114 valence electrons. The number of thiophene rings is 1. The van der Waals surface area contributed by atoms with E-state index in [4.69, 9.17) is 4.74 Å². The van der Waals surface area contributed by atoms with Crippen LogP contribution in [-0.2, 0) is 4.74 Å². The molecule has 3 rings (SSSR count). The normalized spacial score (nSPS) is 18.8. The molecule has 0 aliphatic carbocycles. The molecule has 2 aromatic heterocycles. The van der Waals surface area contributed by atoms with Gasteiger partial charge in [-0.15, -0.1) is 11.3 Å². The predicted octanol–water partition coefficient (Wildman–Crippen LogP) is 2.20. The van der Waals surface area contributed by atoms with Crippen LogP contribution in [0.3, 0.4) is 0 Å². The molecule has 1 aliphatic rings. The third-order valence-corrected chi connectivity index (χ3v) is 5.11. The Morgan fingerprint density at radius 2 is 2.38 bits per heavy atom. The molecule has 1 aliphatic heterocycles. The highest BCUT2D eigenvalue weighted by atomic mass is 32.1. The van der Waals surface area contributed by atoms with E-state index in [1.54, 1.807) is 24.8 Å². The van der Waals surface area contributed by atoms with Crippen LogP contribution in [0.25, 0.3) is 10.2 Å². The Balaban J connectivity index is 1.77. The van der Waals surface area contributed by atoms with Gasteiger partial charge in [0.2, 0.25) is 0 Å². The van der Waals surface area contributed by atoms with Crippen LogP contribution in [0.2, 0.25) is 0 Å². The zero-order valence-electron chi connectivity index (χ0n) is 12.6. The van der Waals surface area contributed by atoms with Crippen molar-refractivity contribution in [2.24, 2.45) is 0 Å². The maximum atomic E-state index is 5.08. The molecular weight excluding hydrogens is 284 g/mol. The first-order valence-corrected chi connectivity index (χ1v) is 8.34. The van der Waals surface area contributed by atoms with Crippen LogP contribution in [0.5, 0.6) is 0 Å². The maximum absolute atomic E-state index is 5.08. The minimum atomic E-state index is 0.516. The second-order valence-corrected chi connectivity index (χ2v) is 6.36. The molecule has 0 saturated carbocycles. The largest absolute Gasteiger partial charge is 0.383 e. The summed E-state index contributed by atoms with van der Waals surface area (Å²) in [5, 5.41) is 5.65. The molecule has 2 aromatic rings. The van der Waals surface area contributed by atoms with Gasteiger partial charge in [-0.1, -0.05) is 0 Å². The molecule has 1 saturated heterocycles. The Labute approximate surface area is 129 Å². The lowest BCUT2D eigenvalue weighted by Crippen LogP contribution is -2.39. The summed E-state index contributed by atoms with van der Waals surface area (Å²) in [4.78, 5) is 11.4. The molecule has 0 amide bonds. The number of fused-ring (bicyclic) bond motifs is 1. The van der Waals surface area contributed by atoms with Gasteiger partial charge in [-0.2, -0.15) is 0 Å². The SMILES string of the molecule is COCCNCC1CCCN1c1ncnc2c(C)csc12. The molecule has 1 fully saturated rings. The third-order valence-electron chi connectivity index (χ3n) is 4.02. The van der Waals surface area contributed by atoms with Crippen LogP contribution in [0.1, 0.15) is 18.4 Å². The quantitative estimate of drug-likeness (QED) is 0.829. The van der Waals surface area contributed by atoms with Crippen LogP contribution >= 0.6 is 11.3 Å². The fourth-order valence-corrected chi connectivity index (χ4v) is 3.94. The van der Waals surface area contributed by atoms with Gasteiger partial charge in [0.1, 0.15) is 12.1 Å². The van der Waals surface area contributed by atoms with Gasteiger partial charge < -0.3 is 15.0 Å². The van der Waals surface area contributed by atoms with E-state index in [0.717, 1.165) is 37.6 Å². The van der Waals surface area contributed by atoms with Crippen LogP contribution in [0.4, 0.5) is 5.82 Å². The van der Waals surface area contributed by atoms with E-state index in [2.05, 4.69) is 32.5 Å². The Hall–Kier alpha value is -1.24. The van der Waals surface area contributed by atoms with Crippen molar-refractivity contribution < 1.29 is 4.74 Å². The highest BCUT2D eigenvalue weighted by molar-refractivity contribution is 7.18. The standard InChI is InChI=1S/C15H22N4OS/c1-11-9-21-14-13(11)17-10-18-15(14)19-6-3-4-12(19)8-16-5-7-20-2/h9-10,12,16H,3-8H2,1-2H3. The average Bonchev–Trinajstić information content (AvgIpc) is 3.11. The molecule has 6 heteroatoms. The summed E-state index contributed by atoms with van der Waals surface area (Å²) < 4.78 is 6.30. The second-order valence-electron chi connectivity index (χ2n) is 5.48. The number of methoxy groups -OCH3 is 1. The smallest absolute Gasteiger partial charge is 0.150 e. The van der Waals surface area contributed by atoms with Gasteiger partial charge in [-0.05, 0) is 30.7 Å². The minimum absolute atomic E-state index is 0.516. The predicted molar refractivity (Wildman–Crippen MR) is 87.3 cm³/mol. The van der Waals surface area contributed by atoms with Crippen molar-refractivity contribution in [3.8, 4) is 0 Å². The fourth-order valence-electron chi connectivity index (χ4n) is 2.93. The van der Waals surface area contributed by atoms with E-state index < -0.39 is 0 Å². The van der Waals surface area contributed by atoms with Gasteiger partial charge in [-0.25, -0.2) is 9.97 Å². The maximum Gasteiger partial charge on any atom is 0.150 e. The molecule has 1 N–H and O–H groups in total. The highest BCUT2D eigenvalue weighted by Crippen LogP contribution is 2.34. The first-order valence-electron chi connectivity index (χ1n) is 7.46. The van der Waals surface area contributed by atoms with Crippen molar-refractivity contribution in [3.05, 3.63) is 17.3 Å². The van der Waals surface area contributed by atoms with Gasteiger partial charge in [0.25, 0.3) is 0 Å². The van der Waals surface area contributed by atoms with E-state index in [-0.39, 0.29) is 0 Å². The number of anilines is 1. The molecular formula is C15H22N4OS. The van der Waals surface area contributed by atoms with Gasteiger partial charge in [0.15, 0.2) is 0 Å². The summed E-state index contributed by atoms with van der Waals surface area (Å²) in [6.07, 6.45) is 4.15. The Morgan fingerprint density at radius 3 is 3.24 bits per heavy atom. The fraction of sp³-hybridized carbons (Fsp3) is 0.600. The number of aryl methyl sites for hydroxylation is 1. The topological polar surface area (TPSA) is 50.3 Å². The van der Waals surface area contributed by atoms with E-state index in [9.17, 15) is 0 Å². The molecule has 0 aromatic carbocycles. The van der Waals surface area contributed by atoms with Gasteiger partial charge in [0, 0.05) is 32.8 Å². The molecule has 0 radical (unpaired) electrons. The van der Waals surface area contributed by atoms with Crippen molar-refractivity contribution in [1.82, 2.24) is 15.3 Å². The van der Waals surface area contributed by atoms with Crippen molar-refractivity contribution in [3.63, 3.8) is 0 Å². The van der Waals surface area contributed by atoms with Crippen LogP contribution in [0.15, 0.2) is 11.7 Å². The van der Waals surface area contributed by atoms with Crippen LogP contribution in [0, 0.1) is 6.92 Å². The van der Waals surface area contributed by atoms with Gasteiger partial charge in [0.05, 0.1) is 16.8 Å². The molecule has 0 spiro atoms. The zero-order valence-corrected chi connectivity index (χ0v) is 13.4. The van der Waals surface area contributed by atoms with E-state index in [1.165, 1.54) is 23.1 Å². The van der Waals surface area contributed by atoms with Crippen LogP contribution in [-0.4, -0.2) is 49.4 Å². The Bertz CT molecular complexity index is 600. The summed E-state index contributed by atoms with van der Waals surface area (Å²) in [5.74, 6) is 1.11. The van der Waals surface area contributed by atoms with Crippen molar-refractivity contribution in [2.75, 3.05) is 38.3 Å². The van der Waals surface area contributed by atoms with Gasteiger partial charge in [-0.3, -0.25) is 0 Å². The zero-order chi connectivity index (χ0) is 14.7. The molecule has 0 bridgehead atoms. The number of ether oxygens (including phenoxy) is 1. The number of hydrogen-bond acceptors (Lipinski definition) is 6. The molecule has 3 heterocycles. The van der Waals surface area contributed by atoms with E-state index >= 15 is 0 Å². The van der Waals surface area contributed by atoms with Crippen molar-refractivity contribution in [1.29, 1.82) is 0 Å². The van der Waals surface area contributed by atoms with Crippen molar-refractivity contribution in [2.45, 2.75) is 25.8 Å². The summed E-state index contributed by atoms with van der Waals surface area (Å²) in [6.45, 7) is 5.84. The number of hydrogen-bond donors (Lipinski definition) is 1. The number of aromatic nitrogens is 2. The lowest BCUT2D eigenvalue weighted by molar-refractivity contribution is 0.199. The van der Waals surface area contributed by atoms with Crippen LogP contribution < -0.4 is 10.2 Å². The summed E-state index contributed by atoms with van der Waals surface area (Å²) in [5.41, 5.74) is 2.34. The monoisotopic (exact) mass is 306 g/mol. The lowest BCUT2D eigenvalue weighted by Gasteiger charge is -2.26. The molecule has 5 nitrogen and oxygen atoms in total. The third kappa shape index (κ3) is 3.02. The Kier molecular flexibility index (Phi) is 4.67. The van der Waals surface area contributed by atoms with Crippen molar-refractivity contribution >= 4 is 27.4 Å². The molecule has 1 unspecified atom stereocenters. The highest BCUT2D eigenvalue weighted by Gasteiger charge is 2.27. The van der Waals surface area contributed by atoms with E-state index in [0.29, 0.717) is 6.04 Å². The van der Waals surface area contributed by atoms with E-state index in [1.807, 2.05) is 0 Å². The number of nitrogens with zero attached hydrogens (tertiary/aromatic N) is 3. The first kappa shape index (κ1) is 14.7. The summed E-state index contributed by atoms with van der Waals surface area (Å²) in [6, 6.07) is 0.516. The molecule has 1 atom stereocenters. The minimum Gasteiger partial charge on any atom is -0.383 e. The second kappa shape index (κ2) is 6.68. The lowest BCUT2D eigenvalue weighted by atomic mass is 10.2. The summed E-state index contributed by atoms with van der Waals surface area (Å²) in [7, 11) is 1.74. The number of nitrogens with one attached hydrogen (secondary N) is 1.